The molecule has 0 aromatic heterocycles. The third kappa shape index (κ3) is 4.82. The summed E-state index contributed by atoms with van der Waals surface area (Å²) in [6, 6.07) is 7.61. The van der Waals surface area contributed by atoms with Gasteiger partial charge in [0, 0.05) is 6.92 Å². The van der Waals surface area contributed by atoms with E-state index in [4.69, 9.17) is 9.47 Å². The topological polar surface area (TPSA) is 35.5 Å². The highest BCUT2D eigenvalue weighted by atomic mass is 16.5. The summed E-state index contributed by atoms with van der Waals surface area (Å²) in [6.45, 7) is 4.61. The molecular formula is C13H18O3. The molecule has 0 aliphatic heterocycles. The number of unbranched alkanes of at least 4 members (excludes halogenated alkanes) is 1. The molecule has 3 nitrogen and oxygen atoms in total. The predicted octanol–water partition coefficient (Wildman–Crippen LogP) is 2.93. The first-order chi connectivity index (χ1) is 7.72. The second-order valence-electron chi connectivity index (χ2n) is 3.63. The maximum absolute atomic E-state index is 10.6. The maximum Gasteiger partial charge on any atom is 0.302 e. The van der Waals surface area contributed by atoms with Crippen molar-refractivity contribution in [3.63, 3.8) is 0 Å². The van der Waals surface area contributed by atoms with Gasteiger partial charge in [-0.3, -0.25) is 4.79 Å². The number of benzene rings is 1. The highest BCUT2D eigenvalue weighted by Gasteiger charge is 1.97. The van der Waals surface area contributed by atoms with E-state index in [-0.39, 0.29) is 5.97 Å². The van der Waals surface area contributed by atoms with Gasteiger partial charge < -0.3 is 9.47 Å². The summed E-state index contributed by atoms with van der Waals surface area (Å²) < 4.78 is 10.4. The second-order valence-corrected chi connectivity index (χ2v) is 3.63. The molecule has 0 saturated heterocycles. The largest absolute Gasteiger partial charge is 0.494 e. The van der Waals surface area contributed by atoms with Gasteiger partial charge in [0.1, 0.15) is 12.4 Å². The van der Waals surface area contributed by atoms with Crippen LogP contribution in [0.3, 0.4) is 0 Å². The van der Waals surface area contributed by atoms with Crippen LogP contribution in [0.2, 0.25) is 0 Å². The second kappa shape index (κ2) is 6.88. The van der Waals surface area contributed by atoms with Crippen molar-refractivity contribution >= 4 is 5.97 Å². The standard InChI is InChI=1S/C13H18O3/c1-3-4-9-15-13-7-5-12(6-8-13)10-16-11(2)14/h5-8H,3-4,9-10H2,1-2H3. The minimum atomic E-state index is -0.261. The summed E-state index contributed by atoms with van der Waals surface area (Å²) in [4.78, 5) is 10.6. The highest BCUT2D eigenvalue weighted by molar-refractivity contribution is 5.65. The fraction of sp³-hybridized carbons (Fsp3) is 0.462. The first-order valence-electron chi connectivity index (χ1n) is 5.57. The van der Waals surface area contributed by atoms with E-state index >= 15 is 0 Å². The first kappa shape index (κ1) is 12.6. The van der Waals surface area contributed by atoms with Gasteiger partial charge in [-0.15, -0.1) is 0 Å². The molecule has 0 aliphatic carbocycles. The summed E-state index contributed by atoms with van der Waals surface area (Å²) in [5.41, 5.74) is 0.970. The molecule has 16 heavy (non-hydrogen) atoms. The average molecular weight is 222 g/mol. The lowest BCUT2D eigenvalue weighted by atomic mass is 10.2. The Kier molecular flexibility index (Phi) is 5.40. The van der Waals surface area contributed by atoms with Gasteiger partial charge in [-0.1, -0.05) is 25.5 Å². The smallest absolute Gasteiger partial charge is 0.302 e. The van der Waals surface area contributed by atoms with Crippen molar-refractivity contribution in [1.29, 1.82) is 0 Å². The molecule has 0 spiro atoms. The fourth-order valence-electron chi connectivity index (χ4n) is 1.20. The number of rotatable bonds is 6. The fourth-order valence-corrected chi connectivity index (χ4v) is 1.20. The minimum absolute atomic E-state index is 0.261. The maximum atomic E-state index is 10.6. The van der Waals surface area contributed by atoms with Crippen LogP contribution < -0.4 is 4.74 Å². The Balaban J connectivity index is 2.38. The molecule has 0 aliphatic rings. The van der Waals surface area contributed by atoms with Gasteiger partial charge in [0.2, 0.25) is 0 Å². The summed E-state index contributed by atoms with van der Waals surface area (Å²) >= 11 is 0. The van der Waals surface area contributed by atoms with Gasteiger partial charge in [0.25, 0.3) is 0 Å². The van der Waals surface area contributed by atoms with Crippen molar-refractivity contribution in [3.8, 4) is 5.75 Å². The lowest BCUT2D eigenvalue weighted by molar-refractivity contribution is -0.142. The number of hydrogen-bond acceptors (Lipinski definition) is 3. The molecule has 1 aromatic carbocycles. The van der Waals surface area contributed by atoms with Crippen LogP contribution >= 0.6 is 0 Å². The summed E-state index contributed by atoms with van der Waals surface area (Å²) in [7, 11) is 0. The van der Waals surface area contributed by atoms with Crippen LogP contribution in [0.5, 0.6) is 5.75 Å². The van der Waals surface area contributed by atoms with Crippen LogP contribution in [-0.2, 0) is 16.1 Å². The van der Waals surface area contributed by atoms with Gasteiger partial charge in [0.05, 0.1) is 6.61 Å². The van der Waals surface area contributed by atoms with E-state index in [1.807, 2.05) is 24.3 Å². The molecule has 0 fully saturated rings. The molecular weight excluding hydrogens is 204 g/mol. The molecule has 1 aromatic rings. The van der Waals surface area contributed by atoms with Crippen molar-refractivity contribution in [1.82, 2.24) is 0 Å². The molecule has 1 rings (SSSR count). The van der Waals surface area contributed by atoms with Crippen molar-refractivity contribution in [2.45, 2.75) is 33.3 Å². The Hall–Kier alpha value is -1.51. The molecule has 0 unspecified atom stereocenters. The van der Waals surface area contributed by atoms with Crippen molar-refractivity contribution in [2.75, 3.05) is 6.61 Å². The lowest BCUT2D eigenvalue weighted by Gasteiger charge is -2.06. The zero-order valence-electron chi connectivity index (χ0n) is 9.86. The molecule has 0 amide bonds. The van der Waals surface area contributed by atoms with E-state index in [1.165, 1.54) is 6.92 Å². The van der Waals surface area contributed by atoms with Gasteiger partial charge in [-0.2, -0.15) is 0 Å². The summed E-state index contributed by atoms with van der Waals surface area (Å²) in [5.74, 6) is 0.600. The zero-order chi connectivity index (χ0) is 11.8. The van der Waals surface area contributed by atoms with Crippen LogP contribution in [0.25, 0.3) is 0 Å². The normalized spacial score (nSPS) is 9.88. The van der Waals surface area contributed by atoms with Gasteiger partial charge in [-0.25, -0.2) is 0 Å². The van der Waals surface area contributed by atoms with Crippen molar-refractivity contribution in [2.24, 2.45) is 0 Å². The van der Waals surface area contributed by atoms with E-state index < -0.39 is 0 Å². The summed E-state index contributed by atoms with van der Waals surface area (Å²) in [6.07, 6.45) is 2.19. The van der Waals surface area contributed by atoms with Gasteiger partial charge in [-0.05, 0) is 24.1 Å². The quantitative estimate of drug-likeness (QED) is 0.548. The average Bonchev–Trinajstić information content (AvgIpc) is 2.28. The number of carbonyl (C=O) groups is 1. The lowest BCUT2D eigenvalue weighted by Crippen LogP contribution is -1.99. The minimum Gasteiger partial charge on any atom is -0.494 e. The predicted molar refractivity (Wildman–Crippen MR) is 62.3 cm³/mol. The molecule has 88 valence electrons. The molecule has 0 N–H and O–H groups in total. The molecule has 0 bridgehead atoms. The number of hydrogen-bond donors (Lipinski definition) is 0. The molecule has 0 radical (unpaired) electrons. The number of esters is 1. The zero-order valence-corrected chi connectivity index (χ0v) is 9.86. The van der Waals surface area contributed by atoms with Crippen LogP contribution in [0, 0.1) is 0 Å². The van der Waals surface area contributed by atoms with E-state index in [0.717, 1.165) is 30.8 Å². The van der Waals surface area contributed by atoms with Gasteiger partial charge >= 0.3 is 5.97 Å². The van der Waals surface area contributed by atoms with E-state index in [0.29, 0.717) is 6.61 Å². The van der Waals surface area contributed by atoms with Crippen LogP contribution in [0.15, 0.2) is 24.3 Å². The third-order valence-electron chi connectivity index (χ3n) is 2.13. The SMILES string of the molecule is CCCCOc1ccc(COC(C)=O)cc1. The Labute approximate surface area is 96.4 Å². The Morgan fingerprint density at radius 3 is 2.50 bits per heavy atom. The van der Waals surface area contributed by atoms with Crippen LogP contribution in [-0.4, -0.2) is 12.6 Å². The third-order valence-corrected chi connectivity index (χ3v) is 2.13. The molecule has 0 heterocycles. The monoisotopic (exact) mass is 222 g/mol. The van der Waals surface area contributed by atoms with Crippen LogP contribution in [0.1, 0.15) is 32.3 Å². The Bertz CT molecular complexity index is 316. The van der Waals surface area contributed by atoms with Crippen molar-refractivity contribution < 1.29 is 14.3 Å². The number of carbonyl (C=O) groups excluding carboxylic acids is 1. The molecule has 3 heteroatoms. The first-order valence-corrected chi connectivity index (χ1v) is 5.57. The Morgan fingerprint density at radius 1 is 1.25 bits per heavy atom. The van der Waals surface area contributed by atoms with E-state index in [2.05, 4.69) is 6.92 Å². The van der Waals surface area contributed by atoms with Crippen molar-refractivity contribution in [3.05, 3.63) is 29.8 Å². The molecule has 0 saturated carbocycles. The molecule has 0 atom stereocenters. The number of ether oxygens (including phenoxy) is 2. The highest BCUT2D eigenvalue weighted by Crippen LogP contribution is 2.13. The Morgan fingerprint density at radius 2 is 1.94 bits per heavy atom. The summed E-state index contributed by atoms with van der Waals surface area (Å²) in [5, 5.41) is 0. The van der Waals surface area contributed by atoms with Crippen LogP contribution in [0.4, 0.5) is 0 Å². The van der Waals surface area contributed by atoms with E-state index in [9.17, 15) is 4.79 Å². The van der Waals surface area contributed by atoms with Gasteiger partial charge in [0.15, 0.2) is 0 Å². The van der Waals surface area contributed by atoms with E-state index in [1.54, 1.807) is 0 Å².